The van der Waals surface area contributed by atoms with Gasteiger partial charge in [-0.1, -0.05) is 0 Å². The third-order valence-electron chi connectivity index (χ3n) is 2.93. The van der Waals surface area contributed by atoms with E-state index >= 15 is 0 Å². The average Bonchev–Trinajstić information content (AvgIpc) is 2.67. The second kappa shape index (κ2) is 7.55. The van der Waals surface area contributed by atoms with Crippen molar-refractivity contribution in [3.8, 4) is 0 Å². The Morgan fingerprint density at radius 1 is 1.43 bits per heavy atom. The Kier molecular flexibility index (Phi) is 6.65. The van der Waals surface area contributed by atoms with Crippen LogP contribution in [0.2, 0.25) is 0 Å². The van der Waals surface area contributed by atoms with Crippen LogP contribution < -0.4 is 5.32 Å². The molecule has 2 nitrogen and oxygen atoms in total. The molecule has 0 amide bonds. The Morgan fingerprint density at radius 3 is 2.93 bits per heavy atom. The Labute approximate surface area is 92.8 Å². The van der Waals surface area contributed by atoms with Crippen molar-refractivity contribution >= 4 is 11.8 Å². The summed E-state index contributed by atoms with van der Waals surface area (Å²) >= 11 is 1.93. The van der Waals surface area contributed by atoms with Crippen molar-refractivity contribution in [3.05, 3.63) is 0 Å². The number of rotatable bonds is 7. The van der Waals surface area contributed by atoms with Gasteiger partial charge in [0, 0.05) is 18.3 Å². The number of nitrogens with one attached hydrogen (secondary N) is 1. The van der Waals surface area contributed by atoms with Crippen LogP contribution in [0.4, 0.5) is 0 Å². The van der Waals surface area contributed by atoms with Crippen LogP contribution in [-0.4, -0.2) is 49.6 Å². The van der Waals surface area contributed by atoms with Gasteiger partial charge in [0.15, 0.2) is 0 Å². The van der Waals surface area contributed by atoms with Crippen LogP contribution in [0.1, 0.15) is 25.7 Å². The molecule has 1 aliphatic heterocycles. The highest BCUT2D eigenvalue weighted by molar-refractivity contribution is 7.98. The van der Waals surface area contributed by atoms with E-state index in [1.807, 2.05) is 11.8 Å². The van der Waals surface area contributed by atoms with E-state index in [1.54, 1.807) is 0 Å². The molecule has 0 aromatic heterocycles. The summed E-state index contributed by atoms with van der Waals surface area (Å²) in [5.74, 6) is 1.26. The van der Waals surface area contributed by atoms with Gasteiger partial charge in [0.1, 0.15) is 0 Å². The first-order chi connectivity index (χ1) is 6.83. The predicted octanol–water partition coefficient (Wildman–Crippen LogP) is 1.81. The van der Waals surface area contributed by atoms with Crippen molar-refractivity contribution < 1.29 is 0 Å². The van der Waals surface area contributed by atoms with Crippen LogP contribution in [0.5, 0.6) is 0 Å². The first kappa shape index (κ1) is 12.3. The third kappa shape index (κ3) is 5.23. The second-order valence-corrected chi connectivity index (χ2v) is 5.22. The Balaban J connectivity index is 1.91. The summed E-state index contributed by atoms with van der Waals surface area (Å²) < 4.78 is 0. The smallest absolute Gasteiger partial charge is 0.00692 e. The fraction of sp³-hybridized carbons (Fsp3) is 1.00. The van der Waals surface area contributed by atoms with E-state index in [9.17, 15) is 0 Å². The molecule has 1 saturated heterocycles. The minimum Gasteiger partial charge on any atom is -0.314 e. The molecule has 1 N–H and O–H groups in total. The molecule has 1 unspecified atom stereocenters. The molecule has 3 heteroatoms. The molecule has 0 spiro atoms. The van der Waals surface area contributed by atoms with Crippen LogP contribution >= 0.6 is 11.8 Å². The van der Waals surface area contributed by atoms with Crippen molar-refractivity contribution in [1.82, 2.24) is 10.2 Å². The SMILES string of the molecule is CSCCN(C)CCCC1CCCN1. The standard InChI is InChI=1S/C11H24N2S/c1-13(9-10-14-2)8-4-6-11-5-3-7-12-11/h11-12H,3-10H2,1-2H3. The number of hydrogen-bond acceptors (Lipinski definition) is 3. The minimum atomic E-state index is 0.823. The van der Waals surface area contributed by atoms with Gasteiger partial charge < -0.3 is 10.2 Å². The average molecular weight is 216 g/mol. The summed E-state index contributed by atoms with van der Waals surface area (Å²) in [6.07, 6.45) is 7.67. The molecule has 1 atom stereocenters. The molecule has 0 aromatic carbocycles. The molecule has 1 heterocycles. The number of thioether (sulfide) groups is 1. The van der Waals surface area contributed by atoms with E-state index in [2.05, 4.69) is 23.5 Å². The van der Waals surface area contributed by atoms with Gasteiger partial charge in [-0.2, -0.15) is 11.8 Å². The fourth-order valence-corrected chi connectivity index (χ4v) is 2.46. The molecule has 0 aliphatic carbocycles. The molecule has 14 heavy (non-hydrogen) atoms. The molecular formula is C11H24N2S. The van der Waals surface area contributed by atoms with Crippen LogP contribution in [0.15, 0.2) is 0 Å². The van der Waals surface area contributed by atoms with Crippen molar-refractivity contribution in [1.29, 1.82) is 0 Å². The van der Waals surface area contributed by atoms with Gasteiger partial charge in [0.2, 0.25) is 0 Å². The van der Waals surface area contributed by atoms with Crippen molar-refractivity contribution in [2.45, 2.75) is 31.7 Å². The molecule has 0 bridgehead atoms. The maximum atomic E-state index is 3.55. The van der Waals surface area contributed by atoms with Gasteiger partial charge in [-0.15, -0.1) is 0 Å². The fourth-order valence-electron chi connectivity index (χ4n) is 1.97. The van der Waals surface area contributed by atoms with Gasteiger partial charge in [-0.05, 0) is 52.1 Å². The highest BCUT2D eigenvalue weighted by Crippen LogP contribution is 2.10. The topological polar surface area (TPSA) is 15.3 Å². The molecule has 84 valence electrons. The Bertz CT molecular complexity index is 135. The van der Waals surface area contributed by atoms with Gasteiger partial charge in [-0.3, -0.25) is 0 Å². The lowest BCUT2D eigenvalue weighted by atomic mass is 10.1. The van der Waals surface area contributed by atoms with E-state index in [0.717, 1.165) is 6.04 Å². The largest absolute Gasteiger partial charge is 0.314 e. The minimum absolute atomic E-state index is 0.823. The number of nitrogens with zero attached hydrogens (tertiary/aromatic N) is 1. The lowest BCUT2D eigenvalue weighted by Crippen LogP contribution is -2.26. The lowest BCUT2D eigenvalue weighted by Gasteiger charge is -2.17. The van der Waals surface area contributed by atoms with Crippen LogP contribution in [0.3, 0.4) is 0 Å². The molecule has 1 fully saturated rings. The van der Waals surface area contributed by atoms with Gasteiger partial charge >= 0.3 is 0 Å². The summed E-state index contributed by atoms with van der Waals surface area (Å²) in [6, 6.07) is 0.823. The van der Waals surface area contributed by atoms with Crippen LogP contribution in [-0.2, 0) is 0 Å². The molecular weight excluding hydrogens is 192 g/mol. The summed E-state index contributed by atoms with van der Waals surface area (Å²) in [5, 5.41) is 3.55. The van der Waals surface area contributed by atoms with Gasteiger partial charge in [0.05, 0.1) is 0 Å². The third-order valence-corrected chi connectivity index (χ3v) is 3.52. The van der Waals surface area contributed by atoms with E-state index in [-0.39, 0.29) is 0 Å². The quantitative estimate of drug-likeness (QED) is 0.699. The Morgan fingerprint density at radius 2 is 2.29 bits per heavy atom. The summed E-state index contributed by atoms with van der Waals surface area (Å²) in [5.41, 5.74) is 0. The summed E-state index contributed by atoms with van der Waals surface area (Å²) in [6.45, 7) is 3.74. The van der Waals surface area contributed by atoms with Crippen LogP contribution in [0.25, 0.3) is 0 Å². The monoisotopic (exact) mass is 216 g/mol. The van der Waals surface area contributed by atoms with E-state index < -0.39 is 0 Å². The molecule has 0 saturated carbocycles. The zero-order chi connectivity index (χ0) is 10.2. The second-order valence-electron chi connectivity index (χ2n) is 4.23. The molecule has 0 aromatic rings. The predicted molar refractivity (Wildman–Crippen MR) is 66.1 cm³/mol. The maximum absolute atomic E-state index is 3.55. The van der Waals surface area contributed by atoms with Crippen molar-refractivity contribution in [3.63, 3.8) is 0 Å². The lowest BCUT2D eigenvalue weighted by molar-refractivity contribution is 0.337. The van der Waals surface area contributed by atoms with Gasteiger partial charge in [-0.25, -0.2) is 0 Å². The Hall–Kier alpha value is 0.270. The highest BCUT2D eigenvalue weighted by Gasteiger charge is 2.13. The zero-order valence-electron chi connectivity index (χ0n) is 9.59. The first-order valence-electron chi connectivity index (χ1n) is 5.74. The van der Waals surface area contributed by atoms with Crippen LogP contribution in [0, 0.1) is 0 Å². The summed E-state index contributed by atoms with van der Waals surface area (Å²) in [7, 11) is 2.23. The van der Waals surface area contributed by atoms with E-state index in [0.29, 0.717) is 0 Å². The molecule has 0 radical (unpaired) electrons. The number of hydrogen-bond donors (Lipinski definition) is 1. The molecule has 1 rings (SSSR count). The van der Waals surface area contributed by atoms with Crippen molar-refractivity contribution in [2.24, 2.45) is 0 Å². The highest BCUT2D eigenvalue weighted by atomic mass is 32.2. The first-order valence-corrected chi connectivity index (χ1v) is 7.13. The zero-order valence-corrected chi connectivity index (χ0v) is 10.4. The maximum Gasteiger partial charge on any atom is 0.00692 e. The van der Waals surface area contributed by atoms with Crippen molar-refractivity contribution in [2.75, 3.05) is 38.7 Å². The van der Waals surface area contributed by atoms with Gasteiger partial charge in [0.25, 0.3) is 0 Å². The van der Waals surface area contributed by atoms with E-state index in [4.69, 9.17) is 0 Å². The normalized spacial score (nSPS) is 22.1. The van der Waals surface area contributed by atoms with E-state index in [1.165, 1.54) is 51.1 Å². The molecule has 1 aliphatic rings. The summed E-state index contributed by atoms with van der Waals surface area (Å²) in [4.78, 5) is 2.45.